The smallest absolute Gasteiger partial charge is 0.151 e. The number of hydrogen-bond donors (Lipinski definition) is 1. The van der Waals surface area contributed by atoms with Crippen molar-refractivity contribution in [3.8, 4) is 5.75 Å². The molecule has 0 atom stereocenters. The van der Waals surface area contributed by atoms with Crippen LogP contribution in [-0.2, 0) is 13.6 Å². The van der Waals surface area contributed by atoms with Crippen LogP contribution in [0.2, 0.25) is 0 Å². The highest BCUT2D eigenvalue weighted by atomic mass is 35.5. The van der Waals surface area contributed by atoms with Gasteiger partial charge in [-0.3, -0.25) is 4.68 Å². The molecule has 98 valence electrons. The summed E-state index contributed by atoms with van der Waals surface area (Å²) in [6, 6.07) is 7.98. The van der Waals surface area contributed by atoms with E-state index < -0.39 is 0 Å². The fourth-order valence-corrected chi connectivity index (χ4v) is 1.81. The molecule has 0 aliphatic carbocycles. The Morgan fingerprint density at radius 1 is 1.33 bits per heavy atom. The summed E-state index contributed by atoms with van der Waals surface area (Å²) in [6.45, 7) is 2.75. The second kappa shape index (κ2) is 6.31. The van der Waals surface area contributed by atoms with E-state index in [1.807, 2.05) is 44.4 Å². The van der Waals surface area contributed by atoms with Crippen LogP contribution in [0.25, 0.3) is 0 Å². The molecule has 0 amide bonds. The van der Waals surface area contributed by atoms with Crippen LogP contribution in [0.5, 0.6) is 5.75 Å². The molecule has 0 radical (unpaired) electrons. The Hall–Kier alpha value is -1.68. The maximum absolute atomic E-state index is 5.30. The van der Waals surface area contributed by atoms with E-state index in [-0.39, 0.29) is 12.4 Å². The Morgan fingerprint density at radius 3 is 2.67 bits per heavy atom. The summed E-state index contributed by atoms with van der Waals surface area (Å²) in [5.41, 5.74) is 2.27. The molecule has 0 fully saturated rings. The molecule has 18 heavy (non-hydrogen) atoms. The molecule has 0 aliphatic rings. The summed E-state index contributed by atoms with van der Waals surface area (Å²) in [4.78, 5) is 0. The van der Waals surface area contributed by atoms with E-state index in [1.54, 1.807) is 11.8 Å². The first kappa shape index (κ1) is 14.4. The maximum atomic E-state index is 5.30. The minimum absolute atomic E-state index is 0. The van der Waals surface area contributed by atoms with Crippen molar-refractivity contribution in [2.75, 3.05) is 12.4 Å². The fourth-order valence-electron chi connectivity index (χ4n) is 1.81. The van der Waals surface area contributed by atoms with Crippen molar-refractivity contribution in [1.82, 2.24) is 9.78 Å². The van der Waals surface area contributed by atoms with Crippen molar-refractivity contribution in [2.45, 2.75) is 13.5 Å². The van der Waals surface area contributed by atoms with Crippen molar-refractivity contribution in [3.63, 3.8) is 0 Å². The van der Waals surface area contributed by atoms with E-state index >= 15 is 0 Å². The average molecular weight is 268 g/mol. The van der Waals surface area contributed by atoms with Gasteiger partial charge in [0.15, 0.2) is 5.82 Å². The molecule has 0 bridgehead atoms. The highest BCUT2D eigenvalue weighted by molar-refractivity contribution is 5.85. The molecule has 4 nitrogen and oxygen atoms in total. The van der Waals surface area contributed by atoms with Crippen LogP contribution in [0, 0.1) is 6.92 Å². The number of rotatable bonds is 4. The lowest BCUT2D eigenvalue weighted by Gasteiger charge is -2.09. The van der Waals surface area contributed by atoms with E-state index in [0.29, 0.717) is 6.54 Å². The van der Waals surface area contributed by atoms with Gasteiger partial charge in [-0.05, 0) is 13.0 Å². The third-order valence-electron chi connectivity index (χ3n) is 2.65. The average Bonchev–Trinajstić information content (AvgIpc) is 2.65. The number of methoxy groups -OCH3 is 1. The molecule has 1 aromatic heterocycles. The topological polar surface area (TPSA) is 39.1 Å². The largest absolute Gasteiger partial charge is 0.496 e. The molecule has 0 unspecified atom stereocenters. The third-order valence-corrected chi connectivity index (χ3v) is 2.65. The number of ether oxygens (including phenoxy) is 1. The molecule has 0 spiro atoms. The zero-order chi connectivity index (χ0) is 12.3. The van der Waals surface area contributed by atoms with Crippen LogP contribution in [-0.4, -0.2) is 16.9 Å². The van der Waals surface area contributed by atoms with E-state index in [1.165, 1.54) is 0 Å². The lowest BCUT2D eigenvalue weighted by atomic mass is 10.2. The number of halogens is 1. The Kier molecular flexibility index (Phi) is 5.04. The summed E-state index contributed by atoms with van der Waals surface area (Å²) in [5, 5.41) is 7.66. The number of hydrogen-bond acceptors (Lipinski definition) is 3. The van der Waals surface area contributed by atoms with Gasteiger partial charge in [0.25, 0.3) is 0 Å². The molecule has 2 rings (SSSR count). The highest BCUT2D eigenvalue weighted by Gasteiger charge is 2.05. The van der Waals surface area contributed by atoms with Gasteiger partial charge in [0, 0.05) is 30.9 Å². The number of nitrogens with zero attached hydrogens (tertiary/aromatic N) is 2. The standard InChI is InChI=1S/C13H17N3O.ClH/c1-10-9-16(2)15-13(10)14-8-11-6-4-5-7-12(11)17-3;/h4-7,9H,8H2,1-3H3,(H,14,15);1H. The summed E-state index contributed by atoms with van der Waals surface area (Å²) >= 11 is 0. The SMILES string of the molecule is COc1ccccc1CNc1nn(C)cc1C.Cl. The van der Waals surface area contributed by atoms with Gasteiger partial charge in [-0.2, -0.15) is 5.10 Å². The molecule has 0 saturated carbocycles. The van der Waals surface area contributed by atoms with Crippen molar-refractivity contribution in [1.29, 1.82) is 0 Å². The summed E-state index contributed by atoms with van der Waals surface area (Å²) < 4.78 is 7.11. The highest BCUT2D eigenvalue weighted by Crippen LogP contribution is 2.19. The minimum atomic E-state index is 0. The summed E-state index contributed by atoms with van der Waals surface area (Å²) in [7, 11) is 3.60. The van der Waals surface area contributed by atoms with Gasteiger partial charge in [0.05, 0.1) is 7.11 Å². The second-order valence-corrected chi connectivity index (χ2v) is 4.00. The molecule has 2 aromatic rings. The Labute approximate surface area is 113 Å². The zero-order valence-electron chi connectivity index (χ0n) is 10.8. The zero-order valence-corrected chi connectivity index (χ0v) is 11.6. The first-order valence-corrected chi connectivity index (χ1v) is 5.56. The van der Waals surface area contributed by atoms with Crippen LogP contribution in [0.1, 0.15) is 11.1 Å². The van der Waals surface area contributed by atoms with Crippen LogP contribution >= 0.6 is 12.4 Å². The van der Waals surface area contributed by atoms with Gasteiger partial charge in [-0.25, -0.2) is 0 Å². The number of aromatic nitrogens is 2. The molecule has 1 aromatic carbocycles. The predicted octanol–water partition coefficient (Wildman–Crippen LogP) is 2.77. The van der Waals surface area contributed by atoms with Gasteiger partial charge in [0.1, 0.15) is 5.75 Å². The lowest BCUT2D eigenvalue weighted by molar-refractivity contribution is 0.410. The lowest BCUT2D eigenvalue weighted by Crippen LogP contribution is -2.03. The number of benzene rings is 1. The molecule has 0 aliphatic heterocycles. The Balaban J connectivity index is 0.00000162. The van der Waals surface area contributed by atoms with E-state index in [9.17, 15) is 0 Å². The van der Waals surface area contributed by atoms with Crippen LogP contribution < -0.4 is 10.1 Å². The molecule has 1 N–H and O–H groups in total. The van der Waals surface area contributed by atoms with Gasteiger partial charge < -0.3 is 10.1 Å². The summed E-state index contributed by atoms with van der Waals surface area (Å²) in [5.74, 6) is 1.81. The first-order valence-electron chi connectivity index (χ1n) is 5.56. The number of aryl methyl sites for hydroxylation is 2. The van der Waals surface area contributed by atoms with Gasteiger partial charge in [0.2, 0.25) is 0 Å². The number of para-hydroxylation sites is 1. The van der Waals surface area contributed by atoms with Gasteiger partial charge in [-0.15, -0.1) is 12.4 Å². The van der Waals surface area contributed by atoms with Crippen molar-refractivity contribution in [3.05, 3.63) is 41.6 Å². The predicted molar refractivity (Wildman–Crippen MR) is 75.5 cm³/mol. The van der Waals surface area contributed by atoms with E-state index in [4.69, 9.17) is 4.74 Å². The van der Waals surface area contributed by atoms with Crippen molar-refractivity contribution >= 4 is 18.2 Å². The number of nitrogens with one attached hydrogen (secondary N) is 1. The van der Waals surface area contributed by atoms with Crippen molar-refractivity contribution in [2.24, 2.45) is 7.05 Å². The maximum Gasteiger partial charge on any atom is 0.151 e. The molecule has 5 heteroatoms. The normalized spacial score (nSPS) is 9.72. The fraction of sp³-hybridized carbons (Fsp3) is 0.308. The van der Waals surface area contributed by atoms with E-state index in [2.05, 4.69) is 10.4 Å². The minimum Gasteiger partial charge on any atom is -0.496 e. The Bertz CT molecular complexity index is 511. The van der Waals surface area contributed by atoms with E-state index in [0.717, 1.165) is 22.7 Å². The van der Waals surface area contributed by atoms with Crippen molar-refractivity contribution < 1.29 is 4.74 Å². The van der Waals surface area contributed by atoms with Crippen LogP contribution in [0.4, 0.5) is 5.82 Å². The quantitative estimate of drug-likeness (QED) is 0.926. The molecule has 1 heterocycles. The van der Waals surface area contributed by atoms with Gasteiger partial charge in [-0.1, -0.05) is 18.2 Å². The van der Waals surface area contributed by atoms with Crippen LogP contribution in [0.3, 0.4) is 0 Å². The number of anilines is 1. The Morgan fingerprint density at radius 2 is 2.06 bits per heavy atom. The monoisotopic (exact) mass is 267 g/mol. The second-order valence-electron chi connectivity index (χ2n) is 4.00. The van der Waals surface area contributed by atoms with Gasteiger partial charge >= 0.3 is 0 Å². The summed E-state index contributed by atoms with van der Waals surface area (Å²) in [6.07, 6.45) is 1.99. The van der Waals surface area contributed by atoms with Crippen LogP contribution in [0.15, 0.2) is 30.5 Å². The third kappa shape index (κ3) is 3.17. The molecular formula is C13H18ClN3O. The first-order chi connectivity index (χ1) is 8.20. The molecule has 0 saturated heterocycles. The molecular weight excluding hydrogens is 250 g/mol.